The van der Waals surface area contributed by atoms with Gasteiger partial charge in [0.25, 0.3) is 0 Å². The van der Waals surface area contributed by atoms with Gasteiger partial charge in [-0.05, 0) is 13.3 Å². The Morgan fingerprint density at radius 2 is 2.20 bits per heavy atom. The number of aryl methyl sites for hydroxylation is 1. The number of thiazole rings is 1. The predicted molar refractivity (Wildman–Crippen MR) is 77.5 cm³/mol. The van der Waals surface area contributed by atoms with Crippen LogP contribution in [0.1, 0.15) is 29.8 Å². The molecule has 1 fully saturated rings. The van der Waals surface area contributed by atoms with Crippen molar-refractivity contribution in [1.82, 2.24) is 20.5 Å². The summed E-state index contributed by atoms with van der Waals surface area (Å²) in [6.45, 7) is 6.55. The first-order valence-corrected chi connectivity index (χ1v) is 7.68. The second-order valence-electron chi connectivity index (χ2n) is 4.76. The zero-order valence-electron chi connectivity index (χ0n) is 11.8. The zero-order chi connectivity index (χ0) is 14.5. The number of piperazine rings is 1. The monoisotopic (exact) mass is 296 g/mol. The fraction of sp³-hybridized carbons (Fsp3) is 0.615. The summed E-state index contributed by atoms with van der Waals surface area (Å²) in [5, 5.41) is 6.71. The molecular weight excluding hydrogens is 276 g/mol. The minimum Gasteiger partial charge on any atom is -0.339 e. The average Bonchev–Trinajstić information content (AvgIpc) is 2.96. The molecule has 110 valence electrons. The van der Waals surface area contributed by atoms with Crippen LogP contribution in [0.5, 0.6) is 0 Å². The molecule has 2 heterocycles. The van der Waals surface area contributed by atoms with Crippen LogP contribution in [0, 0.1) is 0 Å². The summed E-state index contributed by atoms with van der Waals surface area (Å²) in [5.41, 5.74) is 0. The van der Waals surface area contributed by atoms with Crippen LogP contribution in [0.3, 0.4) is 0 Å². The summed E-state index contributed by atoms with van der Waals surface area (Å²) in [6, 6.07) is -0.236. The van der Waals surface area contributed by atoms with Crippen molar-refractivity contribution < 1.29 is 9.59 Å². The first kappa shape index (κ1) is 14.9. The number of rotatable bonds is 3. The van der Waals surface area contributed by atoms with Crippen molar-refractivity contribution in [2.75, 3.05) is 26.2 Å². The molecule has 0 radical (unpaired) electrons. The second-order valence-corrected chi connectivity index (χ2v) is 5.90. The number of carbonyl (C=O) groups is 2. The first-order chi connectivity index (χ1) is 9.61. The second kappa shape index (κ2) is 6.81. The molecule has 7 heteroatoms. The number of carbonyl (C=O) groups excluding carboxylic acids is 2. The van der Waals surface area contributed by atoms with Crippen LogP contribution < -0.4 is 10.6 Å². The van der Waals surface area contributed by atoms with E-state index < -0.39 is 11.8 Å². The van der Waals surface area contributed by atoms with Gasteiger partial charge in [0, 0.05) is 37.3 Å². The molecule has 0 spiro atoms. The van der Waals surface area contributed by atoms with Gasteiger partial charge in [0.05, 0.1) is 6.04 Å². The zero-order valence-corrected chi connectivity index (χ0v) is 12.6. The molecule has 1 aliphatic heterocycles. The van der Waals surface area contributed by atoms with Gasteiger partial charge in [-0.1, -0.05) is 6.92 Å². The normalized spacial score (nSPS) is 16.8. The lowest BCUT2D eigenvalue weighted by atomic mass is 10.3. The molecule has 1 saturated heterocycles. The lowest BCUT2D eigenvalue weighted by molar-refractivity contribution is -0.146. The summed E-state index contributed by atoms with van der Waals surface area (Å²) < 4.78 is 0. The molecule has 2 rings (SSSR count). The molecular formula is C13H20N4O2S. The van der Waals surface area contributed by atoms with Gasteiger partial charge >= 0.3 is 11.8 Å². The molecule has 1 aromatic heterocycles. The molecule has 2 N–H and O–H groups in total. The minimum absolute atomic E-state index is 0.236. The van der Waals surface area contributed by atoms with Crippen LogP contribution in [0.15, 0.2) is 6.20 Å². The highest BCUT2D eigenvalue weighted by atomic mass is 32.1. The summed E-state index contributed by atoms with van der Waals surface area (Å²) in [7, 11) is 0. The Labute approximate surface area is 122 Å². The molecule has 0 aliphatic carbocycles. The topological polar surface area (TPSA) is 74.3 Å². The highest BCUT2D eigenvalue weighted by Crippen LogP contribution is 2.20. The molecule has 0 saturated carbocycles. The Kier molecular flexibility index (Phi) is 5.08. The maximum atomic E-state index is 12.0. The van der Waals surface area contributed by atoms with Crippen LogP contribution >= 0.6 is 11.3 Å². The van der Waals surface area contributed by atoms with Crippen molar-refractivity contribution >= 4 is 23.2 Å². The van der Waals surface area contributed by atoms with E-state index >= 15 is 0 Å². The van der Waals surface area contributed by atoms with Gasteiger partial charge in [-0.2, -0.15) is 0 Å². The van der Waals surface area contributed by atoms with Crippen molar-refractivity contribution in [3.63, 3.8) is 0 Å². The molecule has 2 amide bonds. The van der Waals surface area contributed by atoms with Gasteiger partial charge in [0.15, 0.2) is 0 Å². The van der Waals surface area contributed by atoms with Gasteiger partial charge in [0.1, 0.15) is 5.01 Å². The number of nitrogens with one attached hydrogen (secondary N) is 2. The summed E-state index contributed by atoms with van der Waals surface area (Å²) in [4.78, 5) is 31.0. The average molecular weight is 296 g/mol. The molecule has 0 aromatic carbocycles. The minimum atomic E-state index is -0.548. The lowest BCUT2D eigenvalue weighted by Gasteiger charge is -2.27. The van der Waals surface area contributed by atoms with Crippen LogP contribution in [0.4, 0.5) is 0 Å². The molecule has 1 aliphatic rings. The van der Waals surface area contributed by atoms with Crippen molar-refractivity contribution in [2.45, 2.75) is 26.3 Å². The summed E-state index contributed by atoms with van der Waals surface area (Å²) in [5.74, 6) is -1.00. The van der Waals surface area contributed by atoms with E-state index in [2.05, 4.69) is 22.5 Å². The quantitative estimate of drug-likeness (QED) is 0.788. The van der Waals surface area contributed by atoms with E-state index in [1.54, 1.807) is 16.2 Å². The standard InChI is InChI=1S/C13H20N4O2S/c1-3-10-8-15-12(20-10)9(2)16-11(18)13(19)17-6-4-14-5-7-17/h8-9,14H,3-7H2,1-2H3,(H,16,18). The molecule has 0 bridgehead atoms. The van der Waals surface area contributed by atoms with Gasteiger partial charge in [-0.3, -0.25) is 9.59 Å². The Balaban J connectivity index is 1.91. The van der Waals surface area contributed by atoms with E-state index in [9.17, 15) is 9.59 Å². The third-order valence-corrected chi connectivity index (χ3v) is 4.56. The van der Waals surface area contributed by atoms with Crippen molar-refractivity contribution in [3.8, 4) is 0 Å². The Morgan fingerprint density at radius 1 is 1.50 bits per heavy atom. The smallest absolute Gasteiger partial charge is 0.311 e. The fourth-order valence-corrected chi connectivity index (χ4v) is 2.88. The number of amides is 2. The molecule has 1 unspecified atom stereocenters. The van der Waals surface area contributed by atoms with Crippen molar-refractivity contribution in [3.05, 3.63) is 16.1 Å². The Hall–Kier alpha value is -1.47. The lowest BCUT2D eigenvalue weighted by Crippen LogP contribution is -2.51. The van der Waals surface area contributed by atoms with Crippen LogP contribution in [-0.2, 0) is 16.0 Å². The largest absolute Gasteiger partial charge is 0.339 e. The third kappa shape index (κ3) is 3.55. The van der Waals surface area contributed by atoms with Crippen LogP contribution in [0.25, 0.3) is 0 Å². The maximum Gasteiger partial charge on any atom is 0.311 e. The SMILES string of the molecule is CCc1cnc(C(C)NC(=O)C(=O)N2CCNCC2)s1. The van der Waals surface area contributed by atoms with E-state index in [-0.39, 0.29) is 6.04 Å². The predicted octanol–water partition coefficient (Wildman–Crippen LogP) is 0.314. The highest BCUT2D eigenvalue weighted by Gasteiger charge is 2.25. The van der Waals surface area contributed by atoms with Gasteiger partial charge in [-0.25, -0.2) is 4.98 Å². The van der Waals surface area contributed by atoms with Crippen molar-refractivity contribution in [1.29, 1.82) is 0 Å². The van der Waals surface area contributed by atoms with Gasteiger partial charge in [0.2, 0.25) is 0 Å². The van der Waals surface area contributed by atoms with Crippen LogP contribution in [-0.4, -0.2) is 47.9 Å². The number of hydrogen-bond donors (Lipinski definition) is 2. The Morgan fingerprint density at radius 3 is 2.80 bits per heavy atom. The molecule has 6 nitrogen and oxygen atoms in total. The fourth-order valence-electron chi connectivity index (χ4n) is 2.02. The molecule has 20 heavy (non-hydrogen) atoms. The summed E-state index contributed by atoms with van der Waals surface area (Å²) >= 11 is 1.57. The van der Waals surface area contributed by atoms with E-state index in [4.69, 9.17) is 0 Å². The van der Waals surface area contributed by atoms with E-state index in [0.717, 1.165) is 24.5 Å². The van der Waals surface area contributed by atoms with E-state index in [1.807, 2.05) is 13.1 Å². The van der Waals surface area contributed by atoms with Crippen molar-refractivity contribution in [2.24, 2.45) is 0 Å². The van der Waals surface area contributed by atoms with E-state index in [0.29, 0.717) is 13.1 Å². The number of hydrogen-bond acceptors (Lipinski definition) is 5. The molecule has 1 atom stereocenters. The van der Waals surface area contributed by atoms with Gasteiger partial charge in [-0.15, -0.1) is 11.3 Å². The molecule has 1 aromatic rings. The van der Waals surface area contributed by atoms with Crippen LogP contribution in [0.2, 0.25) is 0 Å². The Bertz CT molecular complexity index is 482. The highest BCUT2D eigenvalue weighted by molar-refractivity contribution is 7.11. The number of aromatic nitrogens is 1. The third-order valence-electron chi connectivity index (χ3n) is 3.24. The van der Waals surface area contributed by atoms with Gasteiger partial charge < -0.3 is 15.5 Å². The summed E-state index contributed by atoms with van der Waals surface area (Å²) in [6.07, 6.45) is 2.75. The van der Waals surface area contributed by atoms with E-state index in [1.165, 1.54) is 4.88 Å². The maximum absolute atomic E-state index is 12.0. The number of nitrogens with zero attached hydrogens (tertiary/aromatic N) is 2. The first-order valence-electron chi connectivity index (χ1n) is 6.87.